The molecular formula is C24H24N2O5S. The van der Waals surface area contributed by atoms with Crippen LogP contribution in [0.2, 0.25) is 0 Å². The van der Waals surface area contributed by atoms with Gasteiger partial charge in [0, 0.05) is 24.5 Å². The first-order valence-electron chi connectivity index (χ1n) is 10.4. The van der Waals surface area contributed by atoms with Crippen molar-refractivity contribution in [3.8, 4) is 17.0 Å². The number of ether oxygens (including phenoxy) is 3. The van der Waals surface area contributed by atoms with Gasteiger partial charge in [-0.1, -0.05) is 12.1 Å². The topological polar surface area (TPSA) is 78.0 Å². The Hall–Kier alpha value is -3.23. The van der Waals surface area contributed by atoms with Crippen molar-refractivity contribution in [2.24, 2.45) is 0 Å². The van der Waals surface area contributed by atoms with Crippen LogP contribution in [0.5, 0.6) is 5.75 Å². The number of carbonyl (C=O) groups excluding carboxylic acids is 2. The molecule has 0 N–H and O–H groups in total. The van der Waals surface area contributed by atoms with Gasteiger partial charge in [-0.2, -0.15) is 0 Å². The summed E-state index contributed by atoms with van der Waals surface area (Å²) in [5, 5.41) is 3.00. The van der Waals surface area contributed by atoms with E-state index in [0.29, 0.717) is 36.8 Å². The molecule has 0 aliphatic carbocycles. The first-order chi connectivity index (χ1) is 15.6. The number of hydrogen-bond acceptors (Lipinski definition) is 7. The van der Waals surface area contributed by atoms with Gasteiger partial charge in [0.1, 0.15) is 5.75 Å². The van der Waals surface area contributed by atoms with Crippen molar-refractivity contribution in [2.45, 2.75) is 19.9 Å². The Morgan fingerprint density at radius 2 is 2.12 bits per heavy atom. The van der Waals surface area contributed by atoms with Crippen molar-refractivity contribution in [3.63, 3.8) is 0 Å². The van der Waals surface area contributed by atoms with Gasteiger partial charge in [0.15, 0.2) is 6.61 Å². The summed E-state index contributed by atoms with van der Waals surface area (Å²) in [5.41, 5.74) is 3.74. The minimum absolute atomic E-state index is 0.0260. The van der Waals surface area contributed by atoms with E-state index in [1.165, 1.54) is 0 Å². The van der Waals surface area contributed by atoms with Gasteiger partial charge in [-0.3, -0.25) is 4.79 Å². The third kappa shape index (κ3) is 4.81. The lowest BCUT2D eigenvalue weighted by Crippen LogP contribution is -2.38. The molecule has 2 aromatic carbocycles. The second kappa shape index (κ2) is 9.93. The molecule has 1 aliphatic heterocycles. The van der Waals surface area contributed by atoms with Crippen molar-refractivity contribution in [3.05, 3.63) is 64.0 Å². The first-order valence-corrected chi connectivity index (χ1v) is 11.2. The number of thiazole rings is 1. The molecule has 0 unspecified atom stereocenters. The predicted molar refractivity (Wildman–Crippen MR) is 122 cm³/mol. The Morgan fingerprint density at radius 1 is 1.25 bits per heavy atom. The molecule has 0 fully saturated rings. The molecule has 3 aromatic rings. The number of fused-ring (bicyclic) bond motifs is 1. The summed E-state index contributed by atoms with van der Waals surface area (Å²) in [4.78, 5) is 31.2. The van der Waals surface area contributed by atoms with E-state index in [2.05, 4.69) is 4.98 Å². The van der Waals surface area contributed by atoms with Gasteiger partial charge >= 0.3 is 5.97 Å². The van der Waals surface area contributed by atoms with Crippen molar-refractivity contribution >= 4 is 28.9 Å². The molecule has 166 valence electrons. The summed E-state index contributed by atoms with van der Waals surface area (Å²) in [6, 6.07) is 12.9. The van der Waals surface area contributed by atoms with E-state index in [-0.39, 0.29) is 18.5 Å². The SMILES string of the molecule is CCOC(=O)c1cccc(CN2C(=O)COc3ccc(-c4csc(CCOC)n4)cc32)c1. The Balaban J connectivity index is 1.61. The van der Waals surface area contributed by atoms with Crippen molar-refractivity contribution in [1.29, 1.82) is 0 Å². The number of esters is 1. The number of benzene rings is 2. The average molecular weight is 453 g/mol. The van der Waals surface area contributed by atoms with Crippen LogP contribution in [0.25, 0.3) is 11.3 Å². The zero-order valence-electron chi connectivity index (χ0n) is 18.0. The van der Waals surface area contributed by atoms with Crippen LogP contribution in [0.15, 0.2) is 47.8 Å². The Morgan fingerprint density at radius 3 is 2.94 bits per heavy atom. The lowest BCUT2D eigenvalue weighted by molar-refractivity contribution is -0.121. The first kappa shape index (κ1) is 22.0. The maximum atomic E-state index is 12.7. The number of nitrogens with zero attached hydrogens (tertiary/aromatic N) is 2. The highest BCUT2D eigenvalue weighted by Crippen LogP contribution is 2.37. The van der Waals surface area contributed by atoms with Crippen molar-refractivity contribution < 1.29 is 23.8 Å². The van der Waals surface area contributed by atoms with Gasteiger partial charge in [-0.05, 0) is 42.8 Å². The minimum atomic E-state index is -0.377. The fourth-order valence-electron chi connectivity index (χ4n) is 3.48. The maximum absolute atomic E-state index is 12.7. The predicted octanol–water partition coefficient (Wildman–Crippen LogP) is 4.10. The van der Waals surface area contributed by atoms with E-state index in [0.717, 1.165) is 28.2 Å². The fourth-order valence-corrected chi connectivity index (χ4v) is 4.26. The molecule has 4 rings (SSSR count). The van der Waals surface area contributed by atoms with Crippen LogP contribution >= 0.6 is 11.3 Å². The number of anilines is 1. The zero-order valence-corrected chi connectivity index (χ0v) is 18.8. The summed E-state index contributed by atoms with van der Waals surface area (Å²) in [5.74, 6) is 0.123. The highest BCUT2D eigenvalue weighted by Gasteiger charge is 2.26. The number of methoxy groups -OCH3 is 1. The van der Waals surface area contributed by atoms with Crippen LogP contribution in [0, 0.1) is 0 Å². The molecule has 1 aromatic heterocycles. The van der Waals surface area contributed by atoms with Crippen molar-refractivity contribution in [1.82, 2.24) is 4.98 Å². The summed E-state index contributed by atoms with van der Waals surface area (Å²) in [7, 11) is 1.67. The Labute approximate surface area is 190 Å². The number of aromatic nitrogens is 1. The van der Waals surface area contributed by atoms with Gasteiger partial charge in [0.05, 0.1) is 41.7 Å². The standard InChI is InChI=1S/C24H24N2O5S/c1-3-30-24(28)18-6-4-5-16(11-18)13-26-20-12-17(7-8-21(20)31-14-23(26)27)19-15-32-22(25-19)9-10-29-2/h4-8,11-12,15H,3,9-10,13-14H2,1-2H3. The van der Waals surface area contributed by atoms with Crippen LogP contribution < -0.4 is 9.64 Å². The molecule has 0 bridgehead atoms. The second-order valence-corrected chi connectivity index (χ2v) is 8.18. The Bertz CT molecular complexity index is 1130. The largest absolute Gasteiger partial charge is 0.482 e. The smallest absolute Gasteiger partial charge is 0.338 e. The van der Waals surface area contributed by atoms with Crippen molar-refractivity contribution in [2.75, 3.05) is 31.8 Å². The van der Waals surface area contributed by atoms with E-state index in [1.54, 1.807) is 48.5 Å². The lowest BCUT2D eigenvalue weighted by atomic mass is 10.1. The second-order valence-electron chi connectivity index (χ2n) is 7.24. The molecule has 8 heteroatoms. The number of amides is 1. The third-order valence-corrected chi connectivity index (χ3v) is 5.96. The summed E-state index contributed by atoms with van der Waals surface area (Å²) in [6.45, 7) is 3.00. The molecule has 7 nitrogen and oxygen atoms in total. The monoisotopic (exact) mass is 452 g/mol. The quantitative estimate of drug-likeness (QED) is 0.479. The molecule has 0 spiro atoms. The Kier molecular flexibility index (Phi) is 6.82. The van der Waals surface area contributed by atoms with Gasteiger partial charge < -0.3 is 19.1 Å². The molecule has 0 saturated carbocycles. The molecule has 0 radical (unpaired) electrons. The normalized spacial score (nSPS) is 12.9. The molecular weight excluding hydrogens is 428 g/mol. The summed E-state index contributed by atoms with van der Waals surface area (Å²) in [6.07, 6.45) is 0.761. The number of carbonyl (C=O) groups is 2. The molecule has 32 heavy (non-hydrogen) atoms. The average Bonchev–Trinajstić information content (AvgIpc) is 3.29. The van der Waals surface area contributed by atoms with Crippen LogP contribution in [-0.4, -0.2) is 43.8 Å². The third-order valence-electron chi connectivity index (χ3n) is 5.05. The molecule has 0 atom stereocenters. The molecule has 1 amide bonds. The maximum Gasteiger partial charge on any atom is 0.338 e. The molecule has 1 aliphatic rings. The lowest BCUT2D eigenvalue weighted by Gasteiger charge is -2.30. The van der Waals surface area contributed by atoms with Crippen LogP contribution in [-0.2, 0) is 27.2 Å². The van der Waals surface area contributed by atoms with Gasteiger partial charge in [-0.15, -0.1) is 11.3 Å². The van der Waals surface area contributed by atoms with E-state index in [1.807, 2.05) is 29.6 Å². The van der Waals surface area contributed by atoms with Crippen LogP contribution in [0.4, 0.5) is 5.69 Å². The van der Waals surface area contributed by atoms with Crippen LogP contribution in [0.1, 0.15) is 27.9 Å². The summed E-state index contributed by atoms with van der Waals surface area (Å²) < 4.78 is 15.9. The molecule has 0 saturated heterocycles. The minimum Gasteiger partial charge on any atom is -0.482 e. The molecule has 2 heterocycles. The number of hydrogen-bond donors (Lipinski definition) is 0. The van der Waals surface area contributed by atoms with E-state index in [4.69, 9.17) is 14.2 Å². The van der Waals surface area contributed by atoms with Gasteiger partial charge in [-0.25, -0.2) is 9.78 Å². The number of rotatable bonds is 8. The fraction of sp³-hybridized carbons (Fsp3) is 0.292. The highest BCUT2D eigenvalue weighted by atomic mass is 32.1. The van der Waals surface area contributed by atoms with Crippen LogP contribution in [0.3, 0.4) is 0 Å². The highest BCUT2D eigenvalue weighted by molar-refractivity contribution is 7.09. The van der Waals surface area contributed by atoms with Gasteiger partial charge in [0.2, 0.25) is 0 Å². The van der Waals surface area contributed by atoms with E-state index < -0.39 is 0 Å². The van der Waals surface area contributed by atoms with E-state index >= 15 is 0 Å². The summed E-state index contributed by atoms with van der Waals surface area (Å²) >= 11 is 1.59. The van der Waals surface area contributed by atoms with Gasteiger partial charge in [0.25, 0.3) is 5.91 Å². The van der Waals surface area contributed by atoms with E-state index in [9.17, 15) is 9.59 Å². The zero-order chi connectivity index (χ0) is 22.5.